The minimum atomic E-state index is -1.94. The van der Waals surface area contributed by atoms with Crippen molar-refractivity contribution in [1.82, 2.24) is 15.2 Å². The van der Waals surface area contributed by atoms with Gasteiger partial charge in [0.25, 0.3) is 0 Å². The van der Waals surface area contributed by atoms with Gasteiger partial charge < -0.3 is 19.7 Å². The van der Waals surface area contributed by atoms with Crippen molar-refractivity contribution in [2.24, 2.45) is 0 Å². The van der Waals surface area contributed by atoms with Gasteiger partial charge in [0, 0.05) is 43.9 Å². The maximum atomic E-state index is 10.7. The Morgan fingerprint density at radius 1 is 1.26 bits per heavy atom. The highest BCUT2D eigenvalue weighted by Gasteiger charge is 2.33. The predicted octanol–water partition coefficient (Wildman–Crippen LogP) is 4.07. The summed E-state index contributed by atoms with van der Waals surface area (Å²) in [5, 5.41) is 34.9. The third kappa shape index (κ3) is 6.07. The molecule has 0 bridgehead atoms. The maximum absolute atomic E-state index is 10.7. The molecule has 0 unspecified atom stereocenters. The molecule has 2 aromatic carbocycles. The van der Waals surface area contributed by atoms with Crippen molar-refractivity contribution in [2.45, 2.75) is 51.2 Å². The quantitative estimate of drug-likeness (QED) is 0.353. The van der Waals surface area contributed by atoms with E-state index in [2.05, 4.69) is 33.4 Å². The zero-order chi connectivity index (χ0) is 26.7. The van der Waals surface area contributed by atoms with Gasteiger partial charge in [0.2, 0.25) is 5.91 Å². The fraction of sp³-hybridized carbons (Fsp3) is 0.448. The van der Waals surface area contributed by atoms with Gasteiger partial charge in [-0.1, -0.05) is 18.2 Å². The molecular weight excluding hydrogens is 500 g/mol. The van der Waals surface area contributed by atoms with Crippen LogP contribution in [0.15, 0.2) is 42.6 Å². The molecule has 1 aliphatic carbocycles. The number of hydrogen-bond donors (Lipinski definition) is 3. The van der Waals surface area contributed by atoms with E-state index in [-0.39, 0.29) is 18.6 Å². The average Bonchev–Trinajstić information content (AvgIpc) is 3.56. The molecule has 2 heterocycles. The second kappa shape index (κ2) is 11.5. The molecular formula is C29H34N4O4S. The zero-order valence-corrected chi connectivity index (χ0v) is 22.6. The fourth-order valence-corrected chi connectivity index (χ4v) is 6.13. The van der Waals surface area contributed by atoms with E-state index in [0.717, 1.165) is 52.5 Å². The number of nitrogens with zero attached hydrogens (tertiary/aromatic N) is 3. The number of rotatable bonds is 9. The third-order valence-electron chi connectivity index (χ3n) is 7.04. The molecule has 200 valence electrons. The van der Waals surface area contributed by atoms with Crippen LogP contribution in [0.25, 0.3) is 21.0 Å². The second-order valence-electron chi connectivity index (χ2n) is 10.1. The van der Waals surface area contributed by atoms with Gasteiger partial charge in [-0.15, -0.1) is 11.3 Å². The van der Waals surface area contributed by atoms with Gasteiger partial charge in [0.05, 0.1) is 29.8 Å². The monoisotopic (exact) mass is 534 g/mol. The molecule has 1 saturated heterocycles. The Bertz CT molecular complexity index is 1310. The summed E-state index contributed by atoms with van der Waals surface area (Å²) in [4.78, 5) is 7.90. The minimum Gasteiger partial charge on any atom is -0.490 e. The van der Waals surface area contributed by atoms with E-state index < -0.39 is 5.91 Å². The van der Waals surface area contributed by atoms with Gasteiger partial charge in [0.15, 0.2) is 0 Å². The predicted molar refractivity (Wildman–Crippen MR) is 147 cm³/mol. The van der Waals surface area contributed by atoms with Crippen LogP contribution in [0.1, 0.15) is 49.4 Å². The molecule has 0 saturated carbocycles. The first-order valence-corrected chi connectivity index (χ1v) is 14.0. The number of nitrogens with one attached hydrogen (secondary N) is 1. The molecule has 0 amide bonds. The molecule has 0 spiro atoms. The van der Waals surface area contributed by atoms with E-state index >= 15 is 0 Å². The Labute approximate surface area is 227 Å². The van der Waals surface area contributed by atoms with Crippen LogP contribution in [0.4, 0.5) is 0 Å². The van der Waals surface area contributed by atoms with Crippen molar-refractivity contribution in [3.8, 4) is 32.8 Å². The smallest absolute Gasteiger partial charge is 0.224 e. The van der Waals surface area contributed by atoms with Gasteiger partial charge in [-0.05, 0) is 61.6 Å². The van der Waals surface area contributed by atoms with E-state index in [1.54, 1.807) is 11.3 Å². The number of morpholine rings is 1. The number of fused-ring (bicyclic) bond motifs is 1. The molecule has 38 heavy (non-hydrogen) atoms. The summed E-state index contributed by atoms with van der Waals surface area (Å²) in [6.45, 7) is 7.48. The molecule has 1 aliphatic heterocycles. The van der Waals surface area contributed by atoms with Crippen LogP contribution in [-0.2, 0) is 11.2 Å². The van der Waals surface area contributed by atoms with Gasteiger partial charge in [-0.2, -0.15) is 5.26 Å². The summed E-state index contributed by atoms with van der Waals surface area (Å²) >= 11 is 1.59. The van der Waals surface area contributed by atoms with Gasteiger partial charge in [0.1, 0.15) is 16.8 Å². The number of ether oxygens (including phenoxy) is 2. The zero-order valence-electron chi connectivity index (χ0n) is 21.8. The highest BCUT2D eigenvalue weighted by Crippen LogP contribution is 2.41. The van der Waals surface area contributed by atoms with Crippen LogP contribution in [0.2, 0.25) is 0 Å². The Morgan fingerprint density at radius 2 is 2.08 bits per heavy atom. The Hall–Kier alpha value is -2.84. The standard InChI is InChI=1S/C29H34N4O4S/c1-19(2)37-26-9-6-20(16-21(26)17-30)28-31-18-27(38-28)24-5-3-4-23-22(24)7-8-25(23)32-29(34,35)10-11-33-12-14-36-15-13-33/h3-6,9,16,18-19,25,32,34-35H,7-8,10-15H2,1-2H3/t25-/m1/s1. The Balaban J connectivity index is 1.31. The largest absolute Gasteiger partial charge is 0.490 e. The Morgan fingerprint density at radius 3 is 2.84 bits per heavy atom. The number of aliphatic hydroxyl groups is 2. The topological polar surface area (TPSA) is 111 Å². The van der Waals surface area contributed by atoms with E-state index in [9.17, 15) is 15.5 Å². The van der Waals surface area contributed by atoms with Crippen LogP contribution >= 0.6 is 11.3 Å². The highest BCUT2D eigenvalue weighted by molar-refractivity contribution is 7.18. The van der Waals surface area contributed by atoms with Gasteiger partial charge in [-0.25, -0.2) is 4.98 Å². The maximum Gasteiger partial charge on any atom is 0.224 e. The first-order valence-electron chi connectivity index (χ1n) is 13.1. The molecule has 8 nitrogen and oxygen atoms in total. The number of hydrogen-bond acceptors (Lipinski definition) is 9. The van der Waals surface area contributed by atoms with Crippen molar-refractivity contribution >= 4 is 11.3 Å². The number of benzene rings is 2. The summed E-state index contributed by atoms with van der Waals surface area (Å²) in [6.07, 6.45) is 3.73. The number of thiazole rings is 1. The summed E-state index contributed by atoms with van der Waals surface area (Å²) in [5.41, 5.74) is 4.80. The lowest BCUT2D eigenvalue weighted by Crippen LogP contribution is -2.49. The van der Waals surface area contributed by atoms with Crippen molar-refractivity contribution in [1.29, 1.82) is 5.26 Å². The van der Waals surface area contributed by atoms with Gasteiger partial charge in [-0.3, -0.25) is 10.2 Å². The Kier molecular flexibility index (Phi) is 8.09. The summed E-state index contributed by atoms with van der Waals surface area (Å²) in [5.74, 6) is -1.36. The molecule has 2 aliphatic rings. The van der Waals surface area contributed by atoms with Crippen LogP contribution in [0, 0.1) is 11.3 Å². The van der Waals surface area contributed by atoms with Crippen molar-refractivity contribution in [2.75, 3.05) is 32.8 Å². The molecule has 5 rings (SSSR count). The molecule has 1 aromatic heterocycles. The van der Waals surface area contributed by atoms with Crippen LogP contribution < -0.4 is 10.1 Å². The molecule has 3 N–H and O–H groups in total. The normalized spacial score (nSPS) is 17.9. The lowest BCUT2D eigenvalue weighted by atomic mass is 10.0. The average molecular weight is 535 g/mol. The number of aromatic nitrogens is 1. The SMILES string of the molecule is CC(C)Oc1ccc(-c2ncc(-c3cccc4c3CC[C@H]4NC(O)(O)CCN3CCOCC3)s2)cc1C#N. The third-order valence-corrected chi connectivity index (χ3v) is 8.12. The molecule has 3 aromatic rings. The van der Waals surface area contributed by atoms with Crippen molar-refractivity contribution < 1.29 is 19.7 Å². The van der Waals surface area contributed by atoms with E-state index in [4.69, 9.17) is 9.47 Å². The second-order valence-corrected chi connectivity index (χ2v) is 11.2. The molecule has 1 atom stereocenters. The first kappa shape index (κ1) is 26.8. The van der Waals surface area contributed by atoms with Crippen LogP contribution in [-0.4, -0.2) is 65.0 Å². The van der Waals surface area contributed by atoms with Crippen LogP contribution in [0.5, 0.6) is 5.75 Å². The van der Waals surface area contributed by atoms with Crippen LogP contribution in [0.3, 0.4) is 0 Å². The summed E-state index contributed by atoms with van der Waals surface area (Å²) in [7, 11) is 0. The molecule has 9 heteroatoms. The molecule has 0 radical (unpaired) electrons. The lowest BCUT2D eigenvalue weighted by molar-refractivity contribution is -0.199. The van der Waals surface area contributed by atoms with E-state index in [0.29, 0.717) is 31.1 Å². The minimum absolute atomic E-state index is 0.00972. The molecule has 1 fully saturated rings. The summed E-state index contributed by atoms with van der Waals surface area (Å²) < 4.78 is 11.1. The van der Waals surface area contributed by atoms with E-state index in [1.165, 1.54) is 5.56 Å². The fourth-order valence-electron chi connectivity index (χ4n) is 5.16. The number of nitriles is 1. The van der Waals surface area contributed by atoms with E-state index in [1.807, 2.05) is 44.3 Å². The lowest BCUT2D eigenvalue weighted by Gasteiger charge is -2.32. The summed E-state index contributed by atoms with van der Waals surface area (Å²) in [6, 6.07) is 13.9. The van der Waals surface area contributed by atoms with Gasteiger partial charge >= 0.3 is 0 Å². The van der Waals surface area contributed by atoms with Crippen molar-refractivity contribution in [3.63, 3.8) is 0 Å². The first-order chi connectivity index (χ1) is 18.3. The highest BCUT2D eigenvalue weighted by atomic mass is 32.1. The van der Waals surface area contributed by atoms with Crippen molar-refractivity contribution in [3.05, 3.63) is 59.3 Å².